The number of aromatic nitrogens is 2. The zero-order chi connectivity index (χ0) is 18.6. The van der Waals surface area contributed by atoms with Gasteiger partial charge < -0.3 is 14.5 Å². The maximum atomic E-state index is 11.7. The molecule has 1 saturated heterocycles. The fraction of sp³-hybridized carbons (Fsp3) is 0.400. The SMILES string of the molecule is Cc1ccc(C)n1-c1noc2c(N3CC(C)C(C)(C(=O)O)C3)cccc12. The molecule has 6 nitrogen and oxygen atoms in total. The molecule has 0 radical (unpaired) electrons. The van der Waals surface area contributed by atoms with Crippen molar-refractivity contribution < 1.29 is 14.4 Å². The summed E-state index contributed by atoms with van der Waals surface area (Å²) in [5.41, 5.74) is 3.03. The molecular weight excluding hydrogens is 330 g/mol. The Morgan fingerprint density at radius 1 is 1.27 bits per heavy atom. The number of carbonyl (C=O) groups is 1. The molecule has 0 aliphatic carbocycles. The van der Waals surface area contributed by atoms with Crippen molar-refractivity contribution in [2.75, 3.05) is 18.0 Å². The monoisotopic (exact) mass is 353 g/mol. The predicted molar refractivity (Wildman–Crippen MR) is 99.9 cm³/mol. The number of hydrogen-bond donors (Lipinski definition) is 1. The van der Waals surface area contributed by atoms with Crippen molar-refractivity contribution in [2.24, 2.45) is 11.3 Å². The van der Waals surface area contributed by atoms with E-state index in [1.165, 1.54) is 0 Å². The third-order valence-electron chi connectivity index (χ3n) is 5.87. The quantitative estimate of drug-likeness (QED) is 0.776. The van der Waals surface area contributed by atoms with Crippen LogP contribution in [0.3, 0.4) is 0 Å². The van der Waals surface area contributed by atoms with Crippen LogP contribution >= 0.6 is 0 Å². The fourth-order valence-corrected chi connectivity index (χ4v) is 3.96. The number of carboxylic acid groups (broad SMARTS) is 1. The highest BCUT2D eigenvalue weighted by atomic mass is 16.5. The van der Waals surface area contributed by atoms with Crippen LogP contribution in [-0.2, 0) is 4.79 Å². The summed E-state index contributed by atoms with van der Waals surface area (Å²) in [5, 5.41) is 14.9. The van der Waals surface area contributed by atoms with Gasteiger partial charge in [-0.2, -0.15) is 0 Å². The summed E-state index contributed by atoms with van der Waals surface area (Å²) in [6.07, 6.45) is 0. The molecule has 3 heterocycles. The second-order valence-electron chi connectivity index (χ2n) is 7.62. The van der Waals surface area contributed by atoms with Crippen LogP contribution in [0.1, 0.15) is 25.2 Å². The first-order valence-electron chi connectivity index (χ1n) is 8.85. The van der Waals surface area contributed by atoms with Gasteiger partial charge in [0, 0.05) is 24.5 Å². The minimum absolute atomic E-state index is 0.0478. The molecule has 1 aromatic carbocycles. The zero-order valence-electron chi connectivity index (χ0n) is 15.5. The van der Waals surface area contributed by atoms with Crippen molar-refractivity contribution in [3.8, 4) is 5.82 Å². The van der Waals surface area contributed by atoms with Crippen LogP contribution in [0.25, 0.3) is 16.8 Å². The third-order valence-corrected chi connectivity index (χ3v) is 5.87. The first-order chi connectivity index (χ1) is 12.3. The Hall–Kier alpha value is -2.76. The van der Waals surface area contributed by atoms with Crippen LogP contribution in [0.15, 0.2) is 34.9 Å². The van der Waals surface area contributed by atoms with Gasteiger partial charge in [0.15, 0.2) is 11.4 Å². The molecular formula is C20H23N3O3. The molecule has 0 bridgehead atoms. The van der Waals surface area contributed by atoms with E-state index >= 15 is 0 Å². The van der Waals surface area contributed by atoms with E-state index in [-0.39, 0.29) is 5.92 Å². The Kier molecular flexibility index (Phi) is 3.61. The van der Waals surface area contributed by atoms with Crippen LogP contribution < -0.4 is 4.90 Å². The number of benzene rings is 1. The fourth-order valence-electron chi connectivity index (χ4n) is 3.96. The van der Waals surface area contributed by atoms with Crippen LogP contribution in [0.2, 0.25) is 0 Å². The standard InChI is InChI=1S/C20H23N3O3/c1-12-10-22(11-20(12,4)19(24)25)16-7-5-6-15-17(16)26-21-18(15)23-13(2)8-9-14(23)3/h5-9,12H,10-11H2,1-4H3,(H,24,25). The Labute approximate surface area is 152 Å². The van der Waals surface area contributed by atoms with Gasteiger partial charge in [0.05, 0.1) is 16.5 Å². The molecule has 3 aromatic rings. The van der Waals surface area contributed by atoms with Gasteiger partial charge in [0.25, 0.3) is 0 Å². The summed E-state index contributed by atoms with van der Waals surface area (Å²) in [6.45, 7) is 9.03. The molecule has 2 atom stereocenters. The summed E-state index contributed by atoms with van der Waals surface area (Å²) in [4.78, 5) is 13.8. The summed E-state index contributed by atoms with van der Waals surface area (Å²) in [5.74, 6) is 0.0678. The van der Waals surface area contributed by atoms with E-state index in [9.17, 15) is 9.90 Å². The Morgan fingerprint density at radius 3 is 2.58 bits per heavy atom. The molecule has 1 N–H and O–H groups in total. The van der Waals surface area contributed by atoms with Crippen LogP contribution in [0.4, 0.5) is 5.69 Å². The Balaban J connectivity index is 1.81. The smallest absolute Gasteiger partial charge is 0.311 e. The van der Waals surface area contributed by atoms with Gasteiger partial charge >= 0.3 is 5.97 Å². The first-order valence-corrected chi connectivity index (χ1v) is 8.85. The number of nitrogens with zero attached hydrogens (tertiary/aromatic N) is 3. The van der Waals surface area contributed by atoms with Gasteiger partial charge in [0.2, 0.25) is 0 Å². The third kappa shape index (κ3) is 2.25. The maximum absolute atomic E-state index is 11.7. The number of para-hydroxylation sites is 1. The van der Waals surface area contributed by atoms with E-state index in [2.05, 4.69) is 26.8 Å². The molecule has 0 saturated carbocycles. The topological polar surface area (TPSA) is 71.5 Å². The Bertz CT molecular complexity index is 984. The first kappa shape index (κ1) is 16.7. The highest BCUT2D eigenvalue weighted by molar-refractivity contribution is 5.94. The van der Waals surface area contributed by atoms with E-state index in [4.69, 9.17) is 4.52 Å². The van der Waals surface area contributed by atoms with E-state index in [1.807, 2.05) is 45.9 Å². The Morgan fingerprint density at radius 2 is 1.96 bits per heavy atom. The number of rotatable bonds is 3. The lowest BCUT2D eigenvalue weighted by molar-refractivity contribution is -0.148. The van der Waals surface area contributed by atoms with Crippen molar-refractivity contribution in [1.82, 2.24) is 9.72 Å². The second kappa shape index (κ2) is 5.62. The number of aliphatic carboxylic acids is 1. The molecule has 26 heavy (non-hydrogen) atoms. The number of anilines is 1. The maximum Gasteiger partial charge on any atom is 0.311 e. The van der Waals surface area contributed by atoms with Crippen LogP contribution in [-0.4, -0.2) is 33.9 Å². The molecule has 0 amide bonds. The van der Waals surface area contributed by atoms with E-state index in [0.29, 0.717) is 18.7 Å². The van der Waals surface area contributed by atoms with E-state index in [0.717, 1.165) is 28.3 Å². The average molecular weight is 353 g/mol. The summed E-state index contributed by atoms with van der Waals surface area (Å²) in [6, 6.07) is 10.1. The van der Waals surface area contributed by atoms with Gasteiger partial charge in [-0.15, -0.1) is 0 Å². The lowest BCUT2D eigenvalue weighted by Crippen LogP contribution is -2.35. The largest absolute Gasteiger partial charge is 0.481 e. The highest BCUT2D eigenvalue weighted by Gasteiger charge is 2.47. The molecule has 1 aliphatic rings. The van der Waals surface area contributed by atoms with Crippen molar-refractivity contribution in [1.29, 1.82) is 0 Å². The van der Waals surface area contributed by atoms with Gasteiger partial charge in [-0.1, -0.05) is 18.1 Å². The molecule has 6 heteroatoms. The summed E-state index contributed by atoms with van der Waals surface area (Å²) in [7, 11) is 0. The predicted octanol–water partition coefficient (Wildman–Crippen LogP) is 3.78. The highest BCUT2D eigenvalue weighted by Crippen LogP contribution is 2.41. The minimum Gasteiger partial charge on any atom is -0.481 e. The molecule has 2 unspecified atom stereocenters. The van der Waals surface area contributed by atoms with Crippen molar-refractivity contribution in [3.63, 3.8) is 0 Å². The molecule has 1 fully saturated rings. The van der Waals surface area contributed by atoms with Gasteiger partial charge in [-0.3, -0.25) is 9.36 Å². The molecule has 136 valence electrons. The van der Waals surface area contributed by atoms with Crippen molar-refractivity contribution in [2.45, 2.75) is 27.7 Å². The normalized spacial score (nSPS) is 23.1. The number of aryl methyl sites for hydroxylation is 2. The number of hydrogen-bond acceptors (Lipinski definition) is 4. The minimum atomic E-state index is -0.765. The summed E-state index contributed by atoms with van der Waals surface area (Å²) >= 11 is 0. The van der Waals surface area contributed by atoms with Crippen LogP contribution in [0, 0.1) is 25.2 Å². The van der Waals surface area contributed by atoms with Crippen LogP contribution in [0.5, 0.6) is 0 Å². The lowest BCUT2D eigenvalue weighted by Gasteiger charge is -2.23. The lowest BCUT2D eigenvalue weighted by atomic mass is 9.81. The molecule has 1 aliphatic heterocycles. The van der Waals surface area contributed by atoms with E-state index in [1.54, 1.807) is 0 Å². The van der Waals surface area contributed by atoms with E-state index < -0.39 is 11.4 Å². The molecule has 4 rings (SSSR count). The number of fused-ring (bicyclic) bond motifs is 1. The van der Waals surface area contributed by atoms with Crippen molar-refractivity contribution in [3.05, 3.63) is 41.7 Å². The zero-order valence-corrected chi connectivity index (χ0v) is 15.5. The average Bonchev–Trinajstić information content (AvgIpc) is 3.25. The van der Waals surface area contributed by atoms with Gasteiger partial charge in [0.1, 0.15) is 0 Å². The molecule has 0 spiro atoms. The second-order valence-corrected chi connectivity index (χ2v) is 7.62. The number of carboxylic acids is 1. The van der Waals surface area contributed by atoms with Gasteiger partial charge in [-0.25, -0.2) is 0 Å². The van der Waals surface area contributed by atoms with Crippen molar-refractivity contribution >= 4 is 22.6 Å². The summed E-state index contributed by atoms with van der Waals surface area (Å²) < 4.78 is 7.80. The molecule has 2 aromatic heterocycles. The van der Waals surface area contributed by atoms with Gasteiger partial charge in [-0.05, 0) is 51.0 Å².